The van der Waals surface area contributed by atoms with Gasteiger partial charge in [0.15, 0.2) is 11.6 Å². The fourth-order valence-electron chi connectivity index (χ4n) is 1.52. The summed E-state index contributed by atoms with van der Waals surface area (Å²) in [4.78, 5) is -0.757. The quantitative estimate of drug-likeness (QED) is 0.809. The third-order valence-electron chi connectivity index (χ3n) is 2.61. The molecule has 4 nitrogen and oxygen atoms in total. The number of anilines is 1. The third-order valence-corrected chi connectivity index (χ3v) is 4.13. The normalized spacial score (nSPS) is 12.1. The zero-order valence-corrected chi connectivity index (χ0v) is 11.0. The van der Waals surface area contributed by atoms with Crippen LogP contribution in [0.5, 0.6) is 0 Å². The molecule has 1 rings (SSSR count). The standard InChI is InChI=1S/C11H16F2N2O2S/c1-3-8(4-2)15-18(16,17)10-6-7(14)5-9(12)11(10)13/h5-6,8,15H,3-4,14H2,1-2H3. The Morgan fingerprint density at radius 2 is 1.83 bits per heavy atom. The van der Waals surface area contributed by atoms with Crippen molar-refractivity contribution in [1.29, 1.82) is 0 Å². The average molecular weight is 278 g/mol. The topological polar surface area (TPSA) is 72.2 Å². The molecule has 0 radical (unpaired) electrons. The van der Waals surface area contributed by atoms with E-state index < -0.39 is 26.6 Å². The minimum atomic E-state index is -4.10. The lowest BCUT2D eigenvalue weighted by Gasteiger charge is -2.15. The highest BCUT2D eigenvalue weighted by Gasteiger charge is 2.24. The molecule has 1 aromatic carbocycles. The molecule has 0 heterocycles. The first kappa shape index (κ1) is 14.8. The maximum atomic E-state index is 13.5. The molecule has 7 heteroatoms. The molecule has 102 valence electrons. The third kappa shape index (κ3) is 3.17. The summed E-state index contributed by atoms with van der Waals surface area (Å²) in [7, 11) is -4.10. The average Bonchev–Trinajstić information content (AvgIpc) is 2.30. The van der Waals surface area contributed by atoms with Crippen LogP contribution in [-0.4, -0.2) is 14.5 Å². The Balaban J connectivity index is 3.20. The van der Waals surface area contributed by atoms with E-state index in [0.717, 1.165) is 12.1 Å². The maximum absolute atomic E-state index is 13.5. The first-order valence-electron chi connectivity index (χ1n) is 5.58. The number of hydrogen-bond donors (Lipinski definition) is 2. The number of hydrogen-bond acceptors (Lipinski definition) is 3. The van der Waals surface area contributed by atoms with Gasteiger partial charge in [-0.25, -0.2) is 21.9 Å². The van der Waals surface area contributed by atoms with Crippen molar-refractivity contribution in [2.45, 2.75) is 37.6 Å². The van der Waals surface area contributed by atoms with Crippen molar-refractivity contribution < 1.29 is 17.2 Å². The Morgan fingerprint density at radius 1 is 1.28 bits per heavy atom. The maximum Gasteiger partial charge on any atom is 0.243 e. The number of rotatable bonds is 5. The SMILES string of the molecule is CCC(CC)NS(=O)(=O)c1cc(N)cc(F)c1F. The number of nitrogen functional groups attached to an aromatic ring is 1. The van der Waals surface area contributed by atoms with Crippen LogP contribution in [0.15, 0.2) is 17.0 Å². The van der Waals surface area contributed by atoms with Crippen molar-refractivity contribution in [3.05, 3.63) is 23.8 Å². The molecule has 0 atom stereocenters. The van der Waals surface area contributed by atoms with Crippen LogP contribution in [0, 0.1) is 11.6 Å². The molecular formula is C11H16F2N2O2S. The van der Waals surface area contributed by atoms with Gasteiger partial charge >= 0.3 is 0 Å². The number of benzene rings is 1. The molecule has 3 N–H and O–H groups in total. The van der Waals surface area contributed by atoms with E-state index in [2.05, 4.69) is 4.72 Å². The van der Waals surface area contributed by atoms with Crippen molar-refractivity contribution in [3.8, 4) is 0 Å². The fraction of sp³-hybridized carbons (Fsp3) is 0.455. The van der Waals surface area contributed by atoms with Gasteiger partial charge in [-0.2, -0.15) is 0 Å². The van der Waals surface area contributed by atoms with Gasteiger partial charge in [0, 0.05) is 11.7 Å². The minimum absolute atomic E-state index is 0.140. The highest BCUT2D eigenvalue weighted by atomic mass is 32.2. The second-order valence-corrected chi connectivity index (χ2v) is 5.63. The second kappa shape index (κ2) is 5.62. The molecule has 0 unspecified atom stereocenters. The van der Waals surface area contributed by atoms with Crippen LogP contribution in [0.25, 0.3) is 0 Å². The summed E-state index contributed by atoms with van der Waals surface area (Å²) in [5.74, 6) is -2.69. The molecule has 0 saturated carbocycles. The molecule has 0 amide bonds. The molecular weight excluding hydrogens is 262 g/mol. The van der Waals surface area contributed by atoms with E-state index in [0.29, 0.717) is 12.8 Å². The lowest BCUT2D eigenvalue weighted by molar-refractivity contribution is 0.479. The molecule has 0 saturated heterocycles. The summed E-state index contributed by atoms with van der Waals surface area (Å²) in [6, 6.07) is 1.33. The molecule has 0 bridgehead atoms. The molecule has 0 aromatic heterocycles. The first-order valence-corrected chi connectivity index (χ1v) is 7.07. The van der Waals surface area contributed by atoms with Gasteiger partial charge in [-0.1, -0.05) is 13.8 Å². The predicted octanol–water partition coefficient (Wildman–Crippen LogP) is 2.01. The Bertz CT molecular complexity index is 528. The van der Waals surface area contributed by atoms with Gasteiger partial charge in [-0.15, -0.1) is 0 Å². The Morgan fingerprint density at radius 3 is 2.33 bits per heavy atom. The van der Waals surface area contributed by atoms with E-state index >= 15 is 0 Å². The second-order valence-electron chi connectivity index (χ2n) is 3.95. The van der Waals surface area contributed by atoms with Gasteiger partial charge in [-0.05, 0) is 25.0 Å². The van der Waals surface area contributed by atoms with E-state index in [1.807, 2.05) is 0 Å². The van der Waals surface area contributed by atoms with E-state index in [1.54, 1.807) is 13.8 Å². The van der Waals surface area contributed by atoms with Crippen molar-refractivity contribution in [1.82, 2.24) is 4.72 Å². The zero-order chi connectivity index (χ0) is 13.9. The number of nitrogens with one attached hydrogen (secondary N) is 1. The monoisotopic (exact) mass is 278 g/mol. The molecule has 18 heavy (non-hydrogen) atoms. The van der Waals surface area contributed by atoms with Crippen LogP contribution in [0.1, 0.15) is 26.7 Å². The van der Waals surface area contributed by atoms with E-state index in [9.17, 15) is 17.2 Å². The van der Waals surface area contributed by atoms with Crippen LogP contribution in [0.4, 0.5) is 14.5 Å². The van der Waals surface area contributed by atoms with Crippen molar-refractivity contribution in [2.24, 2.45) is 0 Å². The lowest BCUT2D eigenvalue weighted by atomic mass is 10.2. The highest BCUT2D eigenvalue weighted by molar-refractivity contribution is 7.89. The summed E-state index contributed by atoms with van der Waals surface area (Å²) in [5.41, 5.74) is 5.18. The van der Waals surface area contributed by atoms with Crippen LogP contribution in [-0.2, 0) is 10.0 Å². The number of halogens is 2. The van der Waals surface area contributed by atoms with Gasteiger partial charge in [0.25, 0.3) is 0 Å². The van der Waals surface area contributed by atoms with Gasteiger partial charge < -0.3 is 5.73 Å². The Labute approximate surface area is 105 Å². The van der Waals surface area contributed by atoms with Crippen LogP contribution >= 0.6 is 0 Å². The van der Waals surface area contributed by atoms with E-state index in [-0.39, 0.29) is 11.7 Å². The number of sulfonamides is 1. The zero-order valence-electron chi connectivity index (χ0n) is 10.2. The van der Waals surface area contributed by atoms with Crippen molar-refractivity contribution in [3.63, 3.8) is 0 Å². The molecule has 0 spiro atoms. The summed E-state index contributed by atoms with van der Waals surface area (Å²) in [5, 5.41) is 0. The predicted molar refractivity (Wildman–Crippen MR) is 65.5 cm³/mol. The molecule has 1 aromatic rings. The lowest BCUT2D eigenvalue weighted by Crippen LogP contribution is -2.34. The van der Waals surface area contributed by atoms with Crippen LogP contribution in [0.2, 0.25) is 0 Å². The van der Waals surface area contributed by atoms with Gasteiger partial charge in [-0.3, -0.25) is 0 Å². The smallest absolute Gasteiger partial charge is 0.243 e. The van der Waals surface area contributed by atoms with Gasteiger partial charge in [0.05, 0.1) is 0 Å². The molecule has 0 aliphatic carbocycles. The Kier molecular flexibility index (Phi) is 4.64. The van der Waals surface area contributed by atoms with Crippen LogP contribution < -0.4 is 10.5 Å². The summed E-state index contributed by atoms with van der Waals surface area (Å²) >= 11 is 0. The van der Waals surface area contributed by atoms with Gasteiger partial charge in [0.2, 0.25) is 10.0 Å². The van der Waals surface area contributed by atoms with E-state index in [1.165, 1.54) is 0 Å². The summed E-state index contributed by atoms with van der Waals surface area (Å²) in [6.45, 7) is 3.60. The first-order chi connectivity index (χ1) is 8.31. The highest BCUT2D eigenvalue weighted by Crippen LogP contribution is 2.21. The summed E-state index contributed by atoms with van der Waals surface area (Å²) in [6.07, 6.45) is 1.12. The molecule has 0 aliphatic heterocycles. The van der Waals surface area contributed by atoms with Crippen molar-refractivity contribution in [2.75, 3.05) is 5.73 Å². The molecule has 0 fully saturated rings. The fourth-order valence-corrected chi connectivity index (χ4v) is 3.04. The van der Waals surface area contributed by atoms with Gasteiger partial charge in [0.1, 0.15) is 4.90 Å². The largest absolute Gasteiger partial charge is 0.399 e. The van der Waals surface area contributed by atoms with E-state index in [4.69, 9.17) is 5.73 Å². The van der Waals surface area contributed by atoms with Crippen LogP contribution in [0.3, 0.4) is 0 Å². The minimum Gasteiger partial charge on any atom is -0.399 e. The summed E-state index contributed by atoms with van der Waals surface area (Å²) < 4.78 is 52.7. The van der Waals surface area contributed by atoms with Crippen molar-refractivity contribution >= 4 is 15.7 Å². The molecule has 0 aliphatic rings. The Hall–Kier alpha value is -1.21. The number of nitrogens with two attached hydrogens (primary N) is 1.